The van der Waals surface area contributed by atoms with E-state index in [-0.39, 0.29) is 11.6 Å². The maximum absolute atomic E-state index is 14.2. The van der Waals surface area contributed by atoms with Crippen molar-refractivity contribution in [2.24, 2.45) is 9.98 Å². The monoisotopic (exact) mass is 344 g/mol. The quantitative estimate of drug-likeness (QED) is 0.841. The first-order chi connectivity index (χ1) is 12.2. The molecular formula is C17H17FN4O3. The zero-order valence-electron chi connectivity index (χ0n) is 13.6. The molecule has 8 heteroatoms. The minimum atomic E-state index is -0.635. The number of ether oxygens (including phenoxy) is 2. The molecule has 0 amide bonds. The number of halogens is 1. The number of para-hydroxylation sites is 1. The fourth-order valence-corrected chi connectivity index (χ4v) is 2.30. The van der Waals surface area contributed by atoms with E-state index >= 15 is 0 Å². The first-order valence-electron chi connectivity index (χ1n) is 7.78. The van der Waals surface area contributed by atoms with Crippen molar-refractivity contribution in [3.05, 3.63) is 47.7 Å². The van der Waals surface area contributed by atoms with Crippen LogP contribution in [0.15, 0.2) is 40.6 Å². The van der Waals surface area contributed by atoms with E-state index in [0.29, 0.717) is 36.1 Å². The lowest BCUT2D eigenvalue weighted by molar-refractivity contribution is 0.286. The topological polar surface area (TPSA) is 89.2 Å². The van der Waals surface area contributed by atoms with E-state index in [4.69, 9.17) is 9.47 Å². The number of hydrogen-bond acceptors (Lipinski definition) is 7. The fourth-order valence-electron chi connectivity index (χ4n) is 2.30. The average molecular weight is 344 g/mol. The lowest BCUT2D eigenvalue weighted by Gasteiger charge is -2.17. The maximum Gasteiger partial charge on any atom is 0.259 e. The van der Waals surface area contributed by atoms with Gasteiger partial charge in [0.05, 0.1) is 12.3 Å². The van der Waals surface area contributed by atoms with Crippen LogP contribution in [-0.4, -0.2) is 46.6 Å². The van der Waals surface area contributed by atoms with Gasteiger partial charge in [-0.2, -0.15) is 9.37 Å². The first kappa shape index (κ1) is 17.0. The number of nitrogens with zero attached hydrogens (tertiary/aromatic N) is 4. The van der Waals surface area contributed by atoms with Crippen LogP contribution in [0.3, 0.4) is 0 Å². The summed E-state index contributed by atoms with van der Waals surface area (Å²) in [6.45, 7) is 2.22. The molecule has 0 bridgehead atoms. The van der Waals surface area contributed by atoms with Crippen molar-refractivity contribution in [1.82, 2.24) is 9.97 Å². The molecule has 7 nitrogen and oxygen atoms in total. The number of aryl methyl sites for hydroxylation is 1. The van der Waals surface area contributed by atoms with Gasteiger partial charge >= 0.3 is 0 Å². The van der Waals surface area contributed by atoms with Crippen LogP contribution in [0.5, 0.6) is 11.6 Å². The second kappa shape index (κ2) is 7.80. The molecule has 1 aromatic carbocycles. The number of hydrogen-bond donors (Lipinski definition) is 1. The molecule has 3 rings (SSSR count). The molecule has 1 aromatic heterocycles. The summed E-state index contributed by atoms with van der Waals surface area (Å²) in [6, 6.07) is 6.91. The summed E-state index contributed by atoms with van der Waals surface area (Å²) in [6.07, 6.45) is 2.05. The zero-order chi connectivity index (χ0) is 17.6. The van der Waals surface area contributed by atoms with Crippen LogP contribution in [-0.2, 0) is 4.74 Å². The third-order valence-corrected chi connectivity index (χ3v) is 3.51. The maximum atomic E-state index is 14.2. The van der Waals surface area contributed by atoms with Gasteiger partial charge in [-0.05, 0) is 19.1 Å². The smallest absolute Gasteiger partial charge is 0.259 e. The molecule has 0 spiro atoms. The Labute approximate surface area is 143 Å². The van der Waals surface area contributed by atoms with Crippen LogP contribution in [0.2, 0.25) is 0 Å². The standard InChI is InChI=1S/C17H17FN4O3/c1-11-14(18)16(21-9-20-11)25-13-6-3-2-5-12(13)15(22-10-23)17-19-7-4-8-24-17/h2-3,5-6,9,23H,4,7-8,10H2,1H3. The summed E-state index contributed by atoms with van der Waals surface area (Å²) < 4.78 is 25.3. The molecule has 0 radical (unpaired) electrons. The minimum Gasteiger partial charge on any atom is -0.476 e. The Balaban J connectivity index is 2.01. The molecule has 0 saturated carbocycles. The molecule has 130 valence electrons. The van der Waals surface area contributed by atoms with Crippen molar-refractivity contribution in [2.45, 2.75) is 13.3 Å². The van der Waals surface area contributed by atoms with Gasteiger partial charge in [-0.15, -0.1) is 0 Å². The molecule has 1 aliphatic rings. The number of rotatable bonds is 5. The molecule has 2 aromatic rings. The molecule has 2 heterocycles. The van der Waals surface area contributed by atoms with Crippen molar-refractivity contribution in [2.75, 3.05) is 19.9 Å². The molecule has 1 aliphatic heterocycles. The lowest BCUT2D eigenvalue weighted by atomic mass is 10.1. The van der Waals surface area contributed by atoms with E-state index in [2.05, 4.69) is 20.0 Å². The molecule has 0 aliphatic carbocycles. The lowest BCUT2D eigenvalue weighted by Crippen LogP contribution is -2.24. The van der Waals surface area contributed by atoms with Gasteiger partial charge in [0.25, 0.3) is 5.88 Å². The van der Waals surface area contributed by atoms with Gasteiger partial charge in [0, 0.05) is 18.5 Å². The van der Waals surface area contributed by atoms with Crippen molar-refractivity contribution in [3.8, 4) is 11.6 Å². The van der Waals surface area contributed by atoms with Crippen molar-refractivity contribution in [3.63, 3.8) is 0 Å². The highest BCUT2D eigenvalue weighted by Gasteiger charge is 2.21. The van der Waals surface area contributed by atoms with E-state index in [1.54, 1.807) is 24.3 Å². The van der Waals surface area contributed by atoms with Gasteiger partial charge in [0.1, 0.15) is 24.5 Å². The highest BCUT2D eigenvalue weighted by atomic mass is 19.1. The van der Waals surface area contributed by atoms with E-state index in [1.807, 2.05) is 0 Å². The third-order valence-electron chi connectivity index (χ3n) is 3.51. The summed E-state index contributed by atoms with van der Waals surface area (Å²) in [5.41, 5.74) is 1.06. The van der Waals surface area contributed by atoms with Crippen LogP contribution in [0.4, 0.5) is 4.39 Å². The summed E-state index contributed by atoms with van der Waals surface area (Å²) in [4.78, 5) is 16.0. The Morgan fingerprint density at radius 3 is 2.96 bits per heavy atom. The summed E-state index contributed by atoms with van der Waals surface area (Å²) in [5, 5.41) is 9.27. The van der Waals surface area contributed by atoms with Gasteiger partial charge in [-0.1, -0.05) is 12.1 Å². The van der Waals surface area contributed by atoms with Gasteiger partial charge in [0.15, 0.2) is 0 Å². The molecule has 1 N–H and O–H groups in total. The van der Waals surface area contributed by atoms with E-state index in [9.17, 15) is 9.50 Å². The van der Waals surface area contributed by atoms with Crippen molar-refractivity contribution >= 4 is 11.6 Å². The van der Waals surface area contributed by atoms with Gasteiger partial charge < -0.3 is 14.6 Å². The van der Waals surface area contributed by atoms with Crippen LogP contribution >= 0.6 is 0 Å². The Morgan fingerprint density at radius 2 is 2.20 bits per heavy atom. The third kappa shape index (κ3) is 3.80. The Morgan fingerprint density at radius 1 is 1.36 bits per heavy atom. The molecular weight excluding hydrogens is 327 g/mol. The summed E-state index contributed by atoms with van der Waals surface area (Å²) in [5.74, 6) is -0.168. The molecule has 0 atom stereocenters. The molecule has 0 fully saturated rings. The molecule has 25 heavy (non-hydrogen) atoms. The number of aliphatic hydroxyl groups is 1. The predicted octanol–water partition coefficient (Wildman–Crippen LogP) is 2.27. The van der Waals surface area contributed by atoms with Crippen LogP contribution in [0.1, 0.15) is 17.7 Å². The van der Waals surface area contributed by atoms with Crippen LogP contribution in [0.25, 0.3) is 0 Å². The second-order valence-electron chi connectivity index (χ2n) is 5.21. The number of aliphatic hydroxyl groups excluding tert-OH is 1. The van der Waals surface area contributed by atoms with Crippen molar-refractivity contribution in [1.29, 1.82) is 0 Å². The van der Waals surface area contributed by atoms with E-state index in [0.717, 1.165) is 6.42 Å². The second-order valence-corrected chi connectivity index (χ2v) is 5.21. The number of benzene rings is 1. The average Bonchev–Trinajstić information content (AvgIpc) is 2.65. The van der Waals surface area contributed by atoms with Crippen LogP contribution < -0.4 is 4.74 Å². The number of aliphatic imine (C=N–C) groups is 2. The molecule has 0 saturated heterocycles. The normalized spacial score (nSPS) is 14.7. The van der Waals surface area contributed by atoms with Gasteiger partial charge in [0.2, 0.25) is 11.7 Å². The highest BCUT2D eigenvalue weighted by molar-refractivity contribution is 6.46. The predicted molar refractivity (Wildman–Crippen MR) is 89.7 cm³/mol. The first-order valence-corrected chi connectivity index (χ1v) is 7.78. The summed E-state index contributed by atoms with van der Waals surface area (Å²) >= 11 is 0. The minimum absolute atomic E-state index is 0.185. The van der Waals surface area contributed by atoms with E-state index < -0.39 is 12.5 Å². The van der Waals surface area contributed by atoms with E-state index in [1.165, 1.54) is 13.3 Å². The van der Waals surface area contributed by atoms with Crippen LogP contribution in [0, 0.1) is 12.7 Å². The summed E-state index contributed by atoms with van der Waals surface area (Å²) in [7, 11) is 0. The van der Waals surface area contributed by atoms with Gasteiger partial charge in [-0.3, -0.25) is 4.99 Å². The van der Waals surface area contributed by atoms with Gasteiger partial charge in [-0.25, -0.2) is 9.98 Å². The Kier molecular flexibility index (Phi) is 5.30. The van der Waals surface area contributed by atoms with Crippen molar-refractivity contribution < 1.29 is 19.0 Å². The fraction of sp³-hybridized carbons (Fsp3) is 0.294. The Bertz CT molecular complexity index is 823. The Hall–Kier alpha value is -2.87. The largest absolute Gasteiger partial charge is 0.476 e. The SMILES string of the molecule is Cc1ncnc(Oc2ccccc2C(=NCO)C2=NCCCO2)c1F. The zero-order valence-corrected chi connectivity index (χ0v) is 13.6. The molecule has 0 unspecified atom stereocenters. The highest BCUT2D eigenvalue weighted by Crippen LogP contribution is 2.27. The number of aromatic nitrogens is 2.